The Labute approximate surface area is 199 Å². The Bertz CT molecular complexity index is 1540. The van der Waals surface area contributed by atoms with Crippen molar-refractivity contribution in [3.05, 3.63) is 124 Å². The first-order valence-corrected chi connectivity index (χ1v) is 10.8. The SMILES string of the molecule is O=C(Oc1ccc2c(=O)c(Oc3ccccc3Cl)coc2c1)c1ccc(-c2ccccc2)cc1. The number of carbonyl (C=O) groups excluding carboxylic acids is 1. The molecule has 5 nitrogen and oxygen atoms in total. The molecule has 0 bridgehead atoms. The lowest BCUT2D eigenvalue weighted by Crippen LogP contribution is -2.09. The van der Waals surface area contributed by atoms with Gasteiger partial charge in [-0.25, -0.2) is 4.79 Å². The molecule has 1 heterocycles. The number of benzene rings is 4. The summed E-state index contributed by atoms with van der Waals surface area (Å²) in [5, 5.41) is 0.664. The van der Waals surface area contributed by atoms with Crippen LogP contribution < -0.4 is 14.9 Å². The lowest BCUT2D eigenvalue weighted by Gasteiger charge is -2.08. The highest BCUT2D eigenvalue weighted by atomic mass is 35.5. The fourth-order valence-electron chi connectivity index (χ4n) is 3.47. The zero-order valence-corrected chi connectivity index (χ0v) is 18.5. The van der Waals surface area contributed by atoms with Crippen molar-refractivity contribution in [1.29, 1.82) is 0 Å². The van der Waals surface area contributed by atoms with Crippen LogP contribution in [0.2, 0.25) is 5.02 Å². The number of carbonyl (C=O) groups is 1. The largest absolute Gasteiger partial charge is 0.460 e. The van der Waals surface area contributed by atoms with E-state index in [0.717, 1.165) is 11.1 Å². The van der Waals surface area contributed by atoms with E-state index in [2.05, 4.69) is 0 Å². The zero-order chi connectivity index (χ0) is 23.5. The number of hydrogen-bond donors (Lipinski definition) is 0. The van der Waals surface area contributed by atoms with Gasteiger partial charge in [-0.05, 0) is 47.5 Å². The van der Waals surface area contributed by atoms with Gasteiger partial charge in [0.1, 0.15) is 23.3 Å². The van der Waals surface area contributed by atoms with Crippen LogP contribution >= 0.6 is 11.6 Å². The molecule has 6 heteroatoms. The maximum atomic E-state index is 12.8. The Morgan fingerprint density at radius 2 is 1.47 bits per heavy atom. The van der Waals surface area contributed by atoms with Crippen molar-refractivity contribution in [2.45, 2.75) is 0 Å². The Morgan fingerprint density at radius 1 is 0.765 bits per heavy atom. The molecule has 5 rings (SSSR count). The number of rotatable bonds is 5. The number of esters is 1. The molecule has 0 fully saturated rings. The van der Waals surface area contributed by atoms with Crippen molar-refractivity contribution in [2.24, 2.45) is 0 Å². The van der Waals surface area contributed by atoms with Gasteiger partial charge in [0.05, 0.1) is 16.0 Å². The highest BCUT2D eigenvalue weighted by Crippen LogP contribution is 2.29. The summed E-state index contributed by atoms with van der Waals surface area (Å²) in [6.45, 7) is 0. The first-order valence-electron chi connectivity index (χ1n) is 10.4. The van der Waals surface area contributed by atoms with E-state index in [1.54, 1.807) is 36.4 Å². The summed E-state index contributed by atoms with van der Waals surface area (Å²) in [5.41, 5.74) is 2.37. The molecule has 0 radical (unpaired) electrons. The van der Waals surface area contributed by atoms with E-state index in [0.29, 0.717) is 16.3 Å². The summed E-state index contributed by atoms with van der Waals surface area (Å²) in [6, 6.07) is 28.4. The minimum Gasteiger partial charge on any atom is -0.460 e. The van der Waals surface area contributed by atoms with Crippen molar-refractivity contribution >= 4 is 28.5 Å². The normalized spacial score (nSPS) is 10.7. The van der Waals surface area contributed by atoms with Crippen LogP contribution in [0.1, 0.15) is 10.4 Å². The fourth-order valence-corrected chi connectivity index (χ4v) is 3.64. The summed E-state index contributed by atoms with van der Waals surface area (Å²) in [4.78, 5) is 25.4. The molecular formula is C28H17ClO5. The van der Waals surface area contributed by atoms with Crippen molar-refractivity contribution in [3.63, 3.8) is 0 Å². The van der Waals surface area contributed by atoms with E-state index < -0.39 is 5.97 Å². The van der Waals surface area contributed by atoms with Gasteiger partial charge in [0, 0.05) is 6.07 Å². The Balaban J connectivity index is 1.35. The second-order valence-electron chi connectivity index (χ2n) is 7.45. The molecule has 0 aliphatic rings. The van der Waals surface area contributed by atoms with E-state index in [1.165, 1.54) is 24.5 Å². The molecule has 1 aromatic heterocycles. The molecule has 5 aromatic rings. The van der Waals surface area contributed by atoms with Crippen LogP contribution in [0.4, 0.5) is 0 Å². The number of para-hydroxylation sites is 1. The van der Waals surface area contributed by atoms with Crippen molar-refractivity contribution in [3.8, 4) is 28.4 Å². The molecule has 34 heavy (non-hydrogen) atoms. The van der Waals surface area contributed by atoms with Crippen LogP contribution in [-0.4, -0.2) is 5.97 Å². The van der Waals surface area contributed by atoms with Crippen LogP contribution in [-0.2, 0) is 0 Å². The third-order valence-electron chi connectivity index (χ3n) is 5.21. The second kappa shape index (κ2) is 9.25. The molecule has 0 unspecified atom stereocenters. The number of fused-ring (bicyclic) bond motifs is 1. The smallest absolute Gasteiger partial charge is 0.343 e. The van der Waals surface area contributed by atoms with Crippen molar-refractivity contribution < 1.29 is 18.7 Å². The van der Waals surface area contributed by atoms with Crippen LogP contribution in [0.15, 0.2) is 113 Å². The van der Waals surface area contributed by atoms with Crippen molar-refractivity contribution in [1.82, 2.24) is 0 Å². The molecule has 0 aliphatic carbocycles. The lowest BCUT2D eigenvalue weighted by molar-refractivity contribution is 0.0735. The van der Waals surface area contributed by atoms with Gasteiger partial charge in [-0.2, -0.15) is 0 Å². The van der Waals surface area contributed by atoms with Crippen LogP contribution in [0.25, 0.3) is 22.1 Å². The molecule has 0 atom stereocenters. The van der Waals surface area contributed by atoms with Gasteiger partial charge in [-0.1, -0.05) is 66.2 Å². The van der Waals surface area contributed by atoms with E-state index in [9.17, 15) is 9.59 Å². The monoisotopic (exact) mass is 468 g/mol. The second-order valence-corrected chi connectivity index (χ2v) is 7.86. The quantitative estimate of drug-likeness (QED) is 0.203. The first-order chi connectivity index (χ1) is 16.6. The highest BCUT2D eigenvalue weighted by Gasteiger charge is 2.14. The third kappa shape index (κ3) is 4.42. The average molecular weight is 469 g/mol. The summed E-state index contributed by atoms with van der Waals surface area (Å²) >= 11 is 6.10. The van der Waals surface area contributed by atoms with Gasteiger partial charge in [0.25, 0.3) is 0 Å². The maximum Gasteiger partial charge on any atom is 0.343 e. The minimum absolute atomic E-state index is 0.00357. The van der Waals surface area contributed by atoms with Gasteiger partial charge in [-0.15, -0.1) is 0 Å². The van der Waals surface area contributed by atoms with E-state index >= 15 is 0 Å². The average Bonchev–Trinajstić information content (AvgIpc) is 2.87. The van der Waals surface area contributed by atoms with Crippen LogP contribution in [0.5, 0.6) is 17.2 Å². The molecule has 0 spiro atoms. The molecule has 0 saturated carbocycles. The number of halogens is 1. The fraction of sp³-hybridized carbons (Fsp3) is 0. The zero-order valence-electron chi connectivity index (χ0n) is 17.7. The first kappa shape index (κ1) is 21.5. The molecule has 166 valence electrons. The summed E-state index contributed by atoms with van der Waals surface area (Å²) in [5.74, 6) is 0.0936. The highest BCUT2D eigenvalue weighted by molar-refractivity contribution is 6.32. The van der Waals surface area contributed by atoms with E-state index in [4.69, 9.17) is 25.5 Å². The molecule has 4 aromatic carbocycles. The molecule has 0 saturated heterocycles. The standard InChI is InChI=1S/C28H17ClO5/c29-23-8-4-5-9-24(23)34-26-17-32-25-16-21(14-15-22(25)27(26)30)33-28(31)20-12-10-19(11-13-20)18-6-2-1-3-7-18/h1-17H. The summed E-state index contributed by atoms with van der Waals surface area (Å²) in [7, 11) is 0. The maximum absolute atomic E-state index is 12.8. The minimum atomic E-state index is -0.514. The van der Waals surface area contributed by atoms with Crippen molar-refractivity contribution in [2.75, 3.05) is 0 Å². The summed E-state index contributed by atoms with van der Waals surface area (Å²) in [6.07, 6.45) is 1.21. The lowest BCUT2D eigenvalue weighted by atomic mass is 10.0. The predicted molar refractivity (Wildman–Crippen MR) is 131 cm³/mol. The molecule has 0 aliphatic heterocycles. The Morgan fingerprint density at radius 3 is 2.24 bits per heavy atom. The molecule has 0 N–H and O–H groups in total. The van der Waals surface area contributed by atoms with Crippen LogP contribution in [0, 0.1) is 0 Å². The van der Waals surface area contributed by atoms with Gasteiger partial charge >= 0.3 is 5.97 Å². The Kier molecular flexibility index (Phi) is 5.85. The van der Waals surface area contributed by atoms with Crippen LogP contribution in [0.3, 0.4) is 0 Å². The molecular weight excluding hydrogens is 452 g/mol. The predicted octanol–water partition coefficient (Wildman–Crippen LogP) is 7.12. The van der Waals surface area contributed by atoms with E-state index in [1.807, 2.05) is 42.5 Å². The van der Waals surface area contributed by atoms with E-state index in [-0.39, 0.29) is 27.9 Å². The van der Waals surface area contributed by atoms with Gasteiger partial charge < -0.3 is 13.9 Å². The molecule has 0 amide bonds. The van der Waals surface area contributed by atoms with Gasteiger partial charge in [0.15, 0.2) is 0 Å². The van der Waals surface area contributed by atoms with Gasteiger partial charge in [0.2, 0.25) is 11.2 Å². The number of hydrogen-bond acceptors (Lipinski definition) is 5. The Hall–Kier alpha value is -4.35. The summed E-state index contributed by atoms with van der Waals surface area (Å²) < 4.78 is 16.7. The number of ether oxygens (including phenoxy) is 2. The topological polar surface area (TPSA) is 65.7 Å². The third-order valence-corrected chi connectivity index (χ3v) is 5.52. The van der Waals surface area contributed by atoms with Gasteiger partial charge in [-0.3, -0.25) is 4.79 Å².